The van der Waals surface area contributed by atoms with E-state index in [4.69, 9.17) is 0 Å². The molecule has 0 spiro atoms. The summed E-state index contributed by atoms with van der Waals surface area (Å²) in [4.78, 5) is 21.4. The first-order chi connectivity index (χ1) is 11.8. The number of anilines is 1. The highest BCUT2D eigenvalue weighted by atomic mass is 19.4. The average Bonchev–Trinajstić information content (AvgIpc) is 3.01. The number of halogens is 3. The van der Waals surface area contributed by atoms with E-state index in [1.807, 2.05) is 0 Å². The van der Waals surface area contributed by atoms with Crippen molar-refractivity contribution in [3.05, 3.63) is 35.9 Å². The van der Waals surface area contributed by atoms with Crippen LogP contribution in [0.4, 0.5) is 19.1 Å². The second kappa shape index (κ2) is 6.69. The molecule has 2 aromatic heterocycles. The monoisotopic (exact) mass is 354 g/mol. The normalized spacial score (nSPS) is 18.2. The Morgan fingerprint density at radius 1 is 1.40 bits per heavy atom. The van der Waals surface area contributed by atoms with Crippen LogP contribution in [0.2, 0.25) is 0 Å². The van der Waals surface area contributed by atoms with Crippen LogP contribution in [0.1, 0.15) is 28.9 Å². The first-order valence-electron chi connectivity index (χ1n) is 7.77. The zero-order valence-corrected chi connectivity index (χ0v) is 13.5. The number of carbonyl (C=O) groups excluding carboxylic acids is 1. The van der Waals surface area contributed by atoms with E-state index < -0.39 is 11.9 Å². The lowest BCUT2D eigenvalue weighted by molar-refractivity contribution is -0.141. The second-order valence-corrected chi connectivity index (χ2v) is 5.90. The van der Waals surface area contributed by atoms with Gasteiger partial charge in [0.15, 0.2) is 0 Å². The molecule has 0 aliphatic carbocycles. The third-order valence-electron chi connectivity index (χ3n) is 3.94. The SMILES string of the molecule is Cn1cc(C(=O)NC2CCCN(c3nccc(C(F)(F)F)n3)C2)cn1. The number of hydrogen-bond acceptors (Lipinski definition) is 5. The van der Waals surface area contributed by atoms with Gasteiger partial charge in [-0.05, 0) is 18.9 Å². The molecule has 25 heavy (non-hydrogen) atoms. The van der Waals surface area contributed by atoms with Crippen molar-refractivity contribution < 1.29 is 18.0 Å². The van der Waals surface area contributed by atoms with Crippen molar-refractivity contribution in [1.29, 1.82) is 0 Å². The van der Waals surface area contributed by atoms with E-state index >= 15 is 0 Å². The molecule has 3 rings (SSSR count). The molecule has 7 nitrogen and oxygen atoms in total. The van der Waals surface area contributed by atoms with E-state index in [1.54, 1.807) is 18.1 Å². The van der Waals surface area contributed by atoms with Crippen LogP contribution in [-0.2, 0) is 13.2 Å². The molecule has 1 fully saturated rings. The molecule has 1 saturated heterocycles. The van der Waals surface area contributed by atoms with Crippen LogP contribution in [0.15, 0.2) is 24.7 Å². The molecule has 1 N–H and O–H groups in total. The lowest BCUT2D eigenvalue weighted by Gasteiger charge is -2.33. The van der Waals surface area contributed by atoms with Crippen molar-refractivity contribution in [2.45, 2.75) is 25.1 Å². The Kier molecular flexibility index (Phi) is 4.60. The fraction of sp³-hybridized carbons (Fsp3) is 0.467. The fourth-order valence-electron chi connectivity index (χ4n) is 2.74. The number of carbonyl (C=O) groups is 1. The van der Waals surface area contributed by atoms with E-state index in [1.165, 1.54) is 10.9 Å². The second-order valence-electron chi connectivity index (χ2n) is 5.90. The minimum absolute atomic E-state index is 0.0233. The zero-order valence-electron chi connectivity index (χ0n) is 13.5. The fourth-order valence-corrected chi connectivity index (χ4v) is 2.74. The molecule has 1 atom stereocenters. The number of hydrogen-bond donors (Lipinski definition) is 1. The predicted molar refractivity (Wildman–Crippen MR) is 82.9 cm³/mol. The van der Waals surface area contributed by atoms with Crippen molar-refractivity contribution in [3.63, 3.8) is 0 Å². The highest BCUT2D eigenvalue weighted by molar-refractivity contribution is 5.93. The summed E-state index contributed by atoms with van der Waals surface area (Å²) in [5.74, 6) is -0.236. The van der Waals surface area contributed by atoms with Gasteiger partial charge >= 0.3 is 6.18 Å². The van der Waals surface area contributed by atoms with Gasteiger partial charge < -0.3 is 10.2 Å². The van der Waals surface area contributed by atoms with Gasteiger partial charge in [0.25, 0.3) is 5.91 Å². The molecule has 134 valence electrons. The summed E-state index contributed by atoms with van der Waals surface area (Å²) in [6.07, 6.45) is 1.11. The molecular weight excluding hydrogens is 337 g/mol. The summed E-state index contributed by atoms with van der Waals surface area (Å²) in [6.45, 7) is 0.897. The van der Waals surface area contributed by atoms with Crippen molar-refractivity contribution in [2.75, 3.05) is 18.0 Å². The number of aryl methyl sites for hydroxylation is 1. The Balaban J connectivity index is 1.68. The Hall–Kier alpha value is -2.65. The maximum Gasteiger partial charge on any atom is 0.433 e. The number of amides is 1. The summed E-state index contributed by atoms with van der Waals surface area (Å²) < 4.78 is 39.9. The standard InChI is InChI=1S/C15H17F3N6O/c1-23-8-10(7-20-23)13(25)21-11-3-2-6-24(9-11)14-19-5-4-12(22-14)15(16,17)18/h4-5,7-8,11H,2-3,6,9H2,1H3,(H,21,25). The number of nitrogens with one attached hydrogen (secondary N) is 1. The molecule has 0 radical (unpaired) electrons. The maximum absolute atomic E-state index is 12.8. The van der Waals surface area contributed by atoms with Gasteiger partial charge in [-0.3, -0.25) is 9.48 Å². The lowest BCUT2D eigenvalue weighted by atomic mass is 10.1. The van der Waals surface area contributed by atoms with Gasteiger partial charge in [-0.25, -0.2) is 9.97 Å². The number of nitrogens with zero attached hydrogens (tertiary/aromatic N) is 5. The van der Waals surface area contributed by atoms with E-state index in [0.717, 1.165) is 25.1 Å². The molecule has 1 aliphatic rings. The maximum atomic E-state index is 12.8. The van der Waals surface area contributed by atoms with Crippen molar-refractivity contribution >= 4 is 11.9 Å². The number of piperidine rings is 1. The molecular formula is C15H17F3N6O. The Bertz CT molecular complexity index is 760. The van der Waals surface area contributed by atoms with Crippen molar-refractivity contribution in [3.8, 4) is 0 Å². The van der Waals surface area contributed by atoms with Crippen LogP contribution in [0.3, 0.4) is 0 Å². The highest BCUT2D eigenvalue weighted by Crippen LogP contribution is 2.28. The van der Waals surface area contributed by atoms with Crippen LogP contribution in [0, 0.1) is 0 Å². The topological polar surface area (TPSA) is 75.9 Å². The summed E-state index contributed by atoms with van der Waals surface area (Å²) in [5.41, 5.74) is -0.533. The Morgan fingerprint density at radius 2 is 2.20 bits per heavy atom. The number of aromatic nitrogens is 4. The van der Waals surface area contributed by atoms with Gasteiger partial charge in [0, 0.05) is 38.6 Å². The molecule has 3 heterocycles. The van der Waals surface area contributed by atoms with Gasteiger partial charge in [-0.2, -0.15) is 18.3 Å². The molecule has 1 aliphatic heterocycles. The third-order valence-corrected chi connectivity index (χ3v) is 3.94. The molecule has 0 bridgehead atoms. The minimum Gasteiger partial charge on any atom is -0.347 e. The van der Waals surface area contributed by atoms with Crippen molar-refractivity contribution in [2.24, 2.45) is 7.05 Å². The van der Waals surface area contributed by atoms with Crippen LogP contribution < -0.4 is 10.2 Å². The largest absolute Gasteiger partial charge is 0.433 e. The van der Waals surface area contributed by atoms with Crippen LogP contribution in [-0.4, -0.2) is 44.8 Å². The first kappa shape index (κ1) is 17.2. The van der Waals surface area contributed by atoms with Gasteiger partial charge in [0.1, 0.15) is 5.69 Å². The van der Waals surface area contributed by atoms with Gasteiger partial charge in [-0.15, -0.1) is 0 Å². The predicted octanol–water partition coefficient (Wildman–Crippen LogP) is 1.63. The van der Waals surface area contributed by atoms with Gasteiger partial charge in [-0.1, -0.05) is 0 Å². The summed E-state index contributed by atoms with van der Waals surface area (Å²) >= 11 is 0. The van der Waals surface area contributed by atoms with E-state index in [9.17, 15) is 18.0 Å². The van der Waals surface area contributed by atoms with E-state index in [2.05, 4.69) is 20.4 Å². The minimum atomic E-state index is -4.51. The average molecular weight is 354 g/mol. The smallest absolute Gasteiger partial charge is 0.347 e. The van der Waals surface area contributed by atoms with E-state index in [-0.39, 0.29) is 17.9 Å². The molecule has 1 unspecified atom stereocenters. The van der Waals surface area contributed by atoms with Gasteiger partial charge in [0.05, 0.1) is 11.8 Å². The zero-order chi connectivity index (χ0) is 18.0. The van der Waals surface area contributed by atoms with Gasteiger partial charge in [0.2, 0.25) is 5.95 Å². The Labute approximate surface area is 141 Å². The molecule has 1 amide bonds. The number of rotatable bonds is 3. The lowest BCUT2D eigenvalue weighted by Crippen LogP contribution is -2.48. The summed E-state index contributed by atoms with van der Waals surface area (Å²) in [6, 6.07) is 0.648. The summed E-state index contributed by atoms with van der Waals surface area (Å²) in [7, 11) is 1.71. The molecule has 2 aromatic rings. The van der Waals surface area contributed by atoms with Crippen LogP contribution >= 0.6 is 0 Å². The van der Waals surface area contributed by atoms with E-state index in [0.29, 0.717) is 18.7 Å². The number of alkyl halides is 3. The van der Waals surface area contributed by atoms with Crippen LogP contribution in [0.5, 0.6) is 0 Å². The first-order valence-corrected chi connectivity index (χ1v) is 7.77. The molecule has 0 aromatic carbocycles. The highest BCUT2D eigenvalue weighted by Gasteiger charge is 2.33. The molecule has 10 heteroatoms. The Morgan fingerprint density at radius 3 is 2.88 bits per heavy atom. The quantitative estimate of drug-likeness (QED) is 0.907. The van der Waals surface area contributed by atoms with Crippen LogP contribution in [0.25, 0.3) is 0 Å². The molecule has 0 saturated carbocycles. The van der Waals surface area contributed by atoms with Crippen molar-refractivity contribution in [1.82, 2.24) is 25.1 Å². The third kappa shape index (κ3) is 4.06. The summed E-state index contributed by atoms with van der Waals surface area (Å²) in [5, 5.41) is 6.83.